The van der Waals surface area contributed by atoms with Gasteiger partial charge in [0.15, 0.2) is 0 Å². The van der Waals surface area contributed by atoms with E-state index in [0.29, 0.717) is 6.04 Å². The van der Waals surface area contributed by atoms with Gasteiger partial charge in [-0.25, -0.2) is 4.98 Å². The molecular formula is C22H22N2. The van der Waals surface area contributed by atoms with E-state index in [1.54, 1.807) is 0 Å². The highest BCUT2D eigenvalue weighted by Gasteiger charge is 2.13. The quantitative estimate of drug-likeness (QED) is 0.711. The van der Waals surface area contributed by atoms with E-state index in [4.69, 9.17) is 4.98 Å². The summed E-state index contributed by atoms with van der Waals surface area (Å²) >= 11 is 0. The van der Waals surface area contributed by atoms with Gasteiger partial charge in [0.05, 0.1) is 11.2 Å². The summed E-state index contributed by atoms with van der Waals surface area (Å²) in [6.45, 7) is 3.18. The van der Waals surface area contributed by atoms with E-state index in [2.05, 4.69) is 79.0 Å². The fourth-order valence-electron chi connectivity index (χ4n) is 3.35. The van der Waals surface area contributed by atoms with Crippen LogP contribution in [0, 0.1) is 6.92 Å². The zero-order chi connectivity index (χ0) is 16.4. The molecule has 1 aromatic heterocycles. The smallest absolute Gasteiger partial charge is 0.0712 e. The van der Waals surface area contributed by atoms with Crippen LogP contribution in [0.2, 0.25) is 0 Å². The second kappa shape index (κ2) is 6.58. The molecule has 1 aliphatic heterocycles. The highest BCUT2D eigenvalue weighted by Crippen LogP contribution is 2.26. The van der Waals surface area contributed by atoms with Crippen LogP contribution in [-0.2, 0) is 6.42 Å². The first-order valence-corrected chi connectivity index (χ1v) is 8.65. The largest absolute Gasteiger partial charge is 0.310 e. The molecule has 0 amide bonds. The molecule has 1 aliphatic rings. The van der Waals surface area contributed by atoms with Gasteiger partial charge in [0, 0.05) is 17.0 Å². The lowest BCUT2D eigenvalue weighted by Gasteiger charge is -2.20. The standard InChI is InChI=1S/C22H22N2/c1-16-9-11-17(12-10-16)22-15-18(14-19-6-4-5-13-23-19)20-7-2-3-8-21(20)24-22/h2-4,6-12,15,19,23H,5,13-14H2,1H3/t19-/m1/s1. The lowest BCUT2D eigenvalue weighted by Crippen LogP contribution is -2.32. The summed E-state index contributed by atoms with van der Waals surface area (Å²) in [5, 5.41) is 4.85. The molecule has 1 atom stereocenters. The maximum Gasteiger partial charge on any atom is 0.0712 e. The zero-order valence-corrected chi connectivity index (χ0v) is 14.0. The molecular weight excluding hydrogens is 292 g/mol. The third kappa shape index (κ3) is 3.10. The average molecular weight is 314 g/mol. The van der Waals surface area contributed by atoms with E-state index in [-0.39, 0.29) is 0 Å². The maximum absolute atomic E-state index is 4.89. The number of aryl methyl sites for hydroxylation is 1. The molecule has 4 rings (SSSR count). The van der Waals surface area contributed by atoms with Crippen molar-refractivity contribution >= 4 is 10.9 Å². The first-order valence-electron chi connectivity index (χ1n) is 8.65. The number of benzene rings is 2. The van der Waals surface area contributed by atoms with Crippen LogP contribution in [0.5, 0.6) is 0 Å². The Kier molecular flexibility index (Phi) is 4.14. The minimum Gasteiger partial charge on any atom is -0.310 e. The van der Waals surface area contributed by atoms with Gasteiger partial charge in [-0.2, -0.15) is 0 Å². The second-order valence-corrected chi connectivity index (χ2v) is 6.53. The number of nitrogens with one attached hydrogen (secondary N) is 1. The van der Waals surface area contributed by atoms with E-state index >= 15 is 0 Å². The fraction of sp³-hybridized carbons (Fsp3) is 0.227. The van der Waals surface area contributed by atoms with E-state index in [1.807, 2.05) is 0 Å². The molecule has 0 bridgehead atoms. The van der Waals surface area contributed by atoms with Crippen molar-refractivity contribution in [1.82, 2.24) is 10.3 Å². The van der Waals surface area contributed by atoms with E-state index in [1.165, 1.54) is 22.1 Å². The predicted octanol–water partition coefficient (Wildman–Crippen LogP) is 4.67. The molecule has 1 N–H and O–H groups in total. The van der Waals surface area contributed by atoms with Crippen LogP contribution < -0.4 is 5.32 Å². The Hall–Kier alpha value is -2.45. The minimum absolute atomic E-state index is 0.412. The molecule has 0 saturated carbocycles. The number of fused-ring (bicyclic) bond motifs is 1. The third-order valence-electron chi connectivity index (χ3n) is 4.67. The number of nitrogens with zero attached hydrogens (tertiary/aromatic N) is 1. The van der Waals surface area contributed by atoms with E-state index in [9.17, 15) is 0 Å². The average Bonchev–Trinajstić information content (AvgIpc) is 2.63. The minimum atomic E-state index is 0.412. The van der Waals surface area contributed by atoms with Gasteiger partial charge in [0.25, 0.3) is 0 Å². The summed E-state index contributed by atoms with van der Waals surface area (Å²) in [4.78, 5) is 4.89. The fourth-order valence-corrected chi connectivity index (χ4v) is 3.35. The highest BCUT2D eigenvalue weighted by molar-refractivity contribution is 5.85. The van der Waals surface area contributed by atoms with E-state index < -0.39 is 0 Å². The molecule has 2 aromatic carbocycles. The van der Waals surface area contributed by atoms with Crippen LogP contribution in [0.15, 0.2) is 66.7 Å². The first kappa shape index (κ1) is 15.1. The Morgan fingerprint density at radius 1 is 1.08 bits per heavy atom. The van der Waals surface area contributed by atoms with Crippen molar-refractivity contribution in [2.24, 2.45) is 0 Å². The molecule has 2 nitrogen and oxygen atoms in total. The second-order valence-electron chi connectivity index (χ2n) is 6.53. The summed E-state index contributed by atoms with van der Waals surface area (Å²) in [7, 11) is 0. The molecule has 0 saturated heterocycles. The maximum atomic E-state index is 4.89. The lowest BCUT2D eigenvalue weighted by molar-refractivity contribution is 0.574. The molecule has 0 aliphatic carbocycles. The Labute approximate surface area is 143 Å². The summed E-state index contributed by atoms with van der Waals surface area (Å²) < 4.78 is 0. The molecule has 0 spiro atoms. The molecule has 24 heavy (non-hydrogen) atoms. The number of hydrogen-bond donors (Lipinski definition) is 1. The van der Waals surface area contributed by atoms with Crippen LogP contribution in [0.1, 0.15) is 17.5 Å². The van der Waals surface area contributed by atoms with Gasteiger partial charge in [-0.15, -0.1) is 0 Å². The van der Waals surface area contributed by atoms with Gasteiger partial charge >= 0.3 is 0 Å². The van der Waals surface area contributed by atoms with Crippen molar-refractivity contribution in [3.8, 4) is 11.3 Å². The monoisotopic (exact) mass is 314 g/mol. The summed E-state index contributed by atoms with van der Waals surface area (Å²) in [6, 6.07) is 19.8. The number of aromatic nitrogens is 1. The van der Waals surface area contributed by atoms with Gasteiger partial charge in [-0.1, -0.05) is 60.2 Å². The van der Waals surface area contributed by atoms with Crippen molar-refractivity contribution in [1.29, 1.82) is 0 Å². The van der Waals surface area contributed by atoms with Gasteiger partial charge in [-0.05, 0) is 44.0 Å². The summed E-state index contributed by atoms with van der Waals surface area (Å²) in [5.41, 5.74) is 5.95. The van der Waals surface area contributed by atoms with Crippen molar-refractivity contribution in [3.05, 3.63) is 77.9 Å². The SMILES string of the molecule is Cc1ccc(-c2cc(C[C@H]3C=CCCN3)c3ccccc3n2)cc1. The van der Waals surface area contributed by atoms with Crippen LogP contribution in [0.4, 0.5) is 0 Å². The number of hydrogen-bond acceptors (Lipinski definition) is 2. The van der Waals surface area contributed by atoms with Crippen LogP contribution in [0.3, 0.4) is 0 Å². The molecule has 3 aromatic rings. The Bertz CT molecular complexity index is 878. The molecule has 0 radical (unpaired) electrons. The van der Waals surface area contributed by atoms with Gasteiger partial charge in [0.1, 0.15) is 0 Å². The Morgan fingerprint density at radius 3 is 2.71 bits per heavy atom. The molecule has 2 heterocycles. The first-order chi connectivity index (χ1) is 11.8. The Balaban J connectivity index is 1.79. The highest BCUT2D eigenvalue weighted by atomic mass is 14.9. The molecule has 0 fully saturated rings. The van der Waals surface area contributed by atoms with Crippen LogP contribution in [0.25, 0.3) is 22.2 Å². The molecule has 120 valence electrons. The van der Waals surface area contributed by atoms with Gasteiger partial charge in [-0.3, -0.25) is 0 Å². The Morgan fingerprint density at radius 2 is 1.92 bits per heavy atom. The van der Waals surface area contributed by atoms with Gasteiger partial charge in [0.2, 0.25) is 0 Å². The van der Waals surface area contributed by atoms with Crippen molar-refractivity contribution in [3.63, 3.8) is 0 Å². The van der Waals surface area contributed by atoms with Crippen molar-refractivity contribution in [2.45, 2.75) is 25.8 Å². The van der Waals surface area contributed by atoms with Crippen LogP contribution >= 0.6 is 0 Å². The van der Waals surface area contributed by atoms with Crippen molar-refractivity contribution in [2.75, 3.05) is 6.54 Å². The van der Waals surface area contributed by atoms with Crippen molar-refractivity contribution < 1.29 is 0 Å². The molecule has 0 unspecified atom stereocenters. The zero-order valence-electron chi connectivity index (χ0n) is 14.0. The van der Waals surface area contributed by atoms with Gasteiger partial charge < -0.3 is 5.32 Å². The third-order valence-corrected chi connectivity index (χ3v) is 4.67. The lowest BCUT2D eigenvalue weighted by atomic mass is 9.97. The number of para-hydroxylation sites is 1. The number of pyridine rings is 1. The van der Waals surface area contributed by atoms with Crippen LogP contribution in [-0.4, -0.2) is 17.6 Å². The van der Waals surface area contributed by atoms with E-state index in [0.717, 1.165) is 30.6 Å². The summed E-state index contributed by atoms with van der Waals surface area (Å²) in [5.74, 6) is 0. The summed E-state index contributed by atoms with van der Waals surface area (Å²) in [6.07, 6.45) is 6.70. The normalized spacial score (nSPS) is 17.3. The topological polar surface area (TPSA) is 24.9 Å². The molecule has 2 heteroatoms. The predicted molar refractivity (Wildman–Crippen MR) is 101 cm³/mol. The number of rotatable bonds is 3.